The van der Waals surface area contributed by atoms with E-state index in [2.05, 4.69) is 10.6 Å². The summed E-state index contributed by atoms with van der Waals surface area (Å²) < 4.78 is 5.19. The normalized spacial score (nSPS) is 11.5. The molecule has 0 unspecified atom stereocenters. The second-order valence-electron chi connectivity index (χ2n) is 6.55. The van der Waals surface area contributed by atoms with Gasteiger partial charge in [0.1, 0.15) is 5.69 Å². The van der Waals surface area contributed by atoms with Crippen LogP contribution >= 0.6 is 0 Å². The Morgan fingerprint density at radius 3 is 2.25 bits per heavy atom. The van der Waals surface area contributed by atoms with Crippen LogP contribution in [-0.4, -0.2) is 30.0 Å². The number of ether oxygens (including phenoxy) is 1. The van der Waals surface area contributed by atoms with E-state index in [9.17, 15) is 19.7 Å². The summed E-state index contributed by atoms with van der Waals surface area (Å²) in [6, 6.07) is 7.83. The highest BCUT2D eigenvalue weighted by Crippen LogP contribution is 2.26. The molecule has 0 aliphatic carbocycles. The van der Waals surface area contributed by atoms with E-state index < -0.39 is 22.9 Å². The Labute approximate surface area is 163 Å². The maximum Gasteiger partial charge on any atom is 0.339 e. The number of benzene rings is 2. The summed E-state index contributed by atoms with van der Waals surface area (Å²) in [5.74, 6) is -1.30. The van der Waals surface area contributed by atoms with Crippen molar-refractivity contribution in [3.63, 3.8) is 0 Å². The molecule has 148 valence electrons. The fourth-order valence-electron chi connectivity index (χ4n) is 2.91. The van der Waals surface area contributed by atoms with Gasteiger partial charge in [0.05, 0.1) is 10.5 Å². The molecule has 0 aromatic heterocycles. The lowest BCUT2D eigenvalue weighted by atomic mass is 10.0. The molecule has 1 amide bonds. The highest BCUT2D eigenvalue weighted by atomic mass is 16.6. The molecule has 0 aliphatic heterocycles. The Bertz CT molecular complexity index is 916. The molecule has 0 radical (unpaired) electrons. The van der Waals surface area contributed by atoms with Crippen LogP contribution in [0.5, 0.6) is 0 Å². The number of esters is 1. The number of carbonyl (C=O) groups is 2. The van der Waals surface area contributed by atoms with Crippen molar-refractivity contribution in [2.24, 2.45) is 0 Å². The number of nitrogens with zero attached hydrogens (tertiary/aromatic N) is 1. The molecule has 2 aromatic rings. The molecule has 0 saturated heterocycles. The first-order valence-electron chi connectivity index (χ1n) is 8.70. The van der Waals surface area contributed by atoms with Gasteiger partial charge in [-0.3, -0.25) is 14.9 Å². The Balaban J connectivity index is 2.13. The summed E-state index contributed by atoms with van der Waals surface area (Å²) in [7, 11) is 1.54. The van der Waals surface area contributed by atoms with Gasteiger partial charge < -0.3 is 15.4 Å². The molecular weight excluding hydrogens is 362 g/mol. The van der Waals surface area contributed by atoms with Gasteiger partial charge in [0.2, 0.25) is 0 Å². The van der Waals surface area contributed by atoms with Gasteiger partial charge in [0.25, 0.3) is 11.6 Å². The number of aryl methyl sites for hydroxylation is 3. The molecule has 0 saturated carbocycles. The van der Waals surface area contributed by atoms with Crippen molar-refractivity contribution < 1.29 is 19.2 Å². The molecule has 2 aromatic carbocycles. The number of nitrogens with one attached hydrogen (secondary N) is 2. The summed E-state index contributed by atoms with van der Waals surface area (Å²) in [6.07, 6.45) is -1.07. The zero-order valence-corrected chi connectivity index (χ0v) is 16.5. The number of hydrogen-bond acceptors (Lipinski definition) is 6. The third-order valence-corrected chi connectivity index (χ3v) is 4.28. The van der Waals surface area contributed by atoms with E-state index in [1.165, 1.54) is 19.1 Å². The summed E-state index contributed by atoms with van der Waals surface area (Å²) in [5, 5.41) is 16.6. The smallest absolute Gasteiger partial charge is 0.339 e. The molecule has 2 rings (SSSR count). The van der Waals surface area contributed by atoms with Crippen molar-refractivity contribution in [2.45, 2.75) is 33.8 Å². The highest BCUT2D eigenvalue weighted by Gasteiger charge is 2.23. The minimum absolute atomic E-state index is 0.00644. The maximum atomic E-state index is 12.4. The van der Waals surface area contributed by atoms with Gasteiger partial charge in [-0.1, -0.05) is 17.7 Å². The van der Waals surface area contributed by atoms with E-state index in [4.69, 9.17) is 4.74 Å². The van der Waals surface area contributed by atoms with E-state index in [-0.39, 0.29) is 16.9 Å². The molecule has 0 aliphatic rings. The zero-order valence-electron chi connectivity index (χ0n) is 16.5. The molecule has 0 fully saturated rings. The molecule has 0 bridgehead atoms. The Hall–Kier alpha value is -3.42. The molecule has 28 heavy (non-hydrogen) atoms. The van der Waals surface area contributed by atoms with Gasteiger partial charge in [-0.15, -0.1) is 0 Å². The zero-order chi connectivity index (χ0) is 21.0. The van der Waals surface area contributed by atoms with Gasteiger partial charge in [-0.25, -0.2) is 4.79 Å². The number of hydrogen-bond donors (Lipinski definition) is 2. The average Bonchev–Trinajstić information content (AvgIpc) is 2.63. The molecule has 0 spiro atoms. The van der Waals surface area contributed by atoms with Crippen LogP contribution < -0.4 is 10.6 Å². The summed E-state index contributed by atoms with van der Waals surface area (Å²) in [6.45, 7) is 7.18. The largest absolute Gasteiger partial charge is 0.449 e. The third-order valence-electron chi connectivity index (χ3n) is 4.28. The minimum atomic E-state index is -1.07. The van der Waals surface area contributed by atoms with Gasteiger partial charge in [-0.05, 0) is 51.0 Å². The molecule has 0 heterocycles. The van der Waals surface area contributed by atoms with E-state index in [1.54, 1.807) is 7.05 Å². The highest BCUT2D eigenvalue weighted by molar-refractivity contribution is 5.98. The topological polar surface area (TPSA) is 111 Å². The second-order valence-corrected chi connectivity index (χ2v) is 6.55. The third kappa shape index (κ3) is 4.64. The van der Waals surface area contributed by atoms with Crippen molar-refractivity contribution >= 4 is 28.9 Å². The standard InChI is InChI=1S/C20H23N3O5/c1-11-8-12(2)18(13(3)9-11)22-19(24)14(4)28-20(25)15-6-7-16(21-5)17(10-15)23(26)27/h6-10,14,21H,1-5H3,(H,22,24)/t14-/m0/s1. The second kappa shape index (κ2) is 8.51. The van der Waals surface area contributed by atoms with Gasteiger partial charge in [0.15, 0.2) is 6.10 Å². The van der Waals surface area contributed by atoms with Crippen molar-refractivity contribution in [1.82, 2.24) is 0 Å². The van der Waals surface area contributed by atoms with Crippen LogP contribution in [-0.2, 0) is 9.53 Å². The monoisotopic (exact) mass is 385 g/mol. The number of nitro benzene ring substituents is 1. The lowest BCUT2D eigenvalue weighted by molar-refractivity contribution is -0.384. The lowest BCUT2D eigenvalue weighted by Crippen LogP contribution is -2.30. The van der Waals surface area contributed by atoms with Crippen LogP contribution in [0.3, 0.4) is 0 Å². The van der Waals surface area contributed by atoms with Crippen LogP contribution in [0.4, 0.5) is 17.1 Å². The number of amides is 1. The van der Waals surface area contributed by atoms with E-state index >= 15 is 0 Å². The van der Waals surface area contributed by atoms with Crippen LogP contribution in [0.2, 0.25) is 0 Å². The van der Waals surface area contributed by atoms with Gasteiger partial charge in [-0.2, -0.15) is 0 Å². The average molecular weight is 385 g/mol. The van der Waals surface area contributed by atoms with E-state index in [0.29, 0.717) is 5.69 Å². The first-order valence-corrected chi connectivity index (χ1v) is 8.70. The lowest BCUT2D eigenvalue weighted by Gasteiger charge is -2.17. The predicted octanol–water partition coefficient (Wildman–Crippen LogP) is 3.75. The summed E-state index contributed by atoms with van der Waals surface area (Å²) >= 11 is 0. The summed E-state index contributed by atoms with van der Waals surface area (Å²) in [5.41, 5.74) is 3.59. The first kappa shape index (κ1) is 20.9. The fraction of sp³-hybridized carbons (Fsp3) is 0.300. The molecule has 8 nitrogen and oxygen atoms in total. The van der Waals surface area contributed by atoms with Crippen molar-refractivity contribution in [3.05, 3.63) is 62.7 Å². The van der Waals surface area contributed by atoms with Crippen molar-refractivity contribution in [1.29, 1.82) is 0 Å². The van der Waals surface area contributed by atoms with Crippen LogP contribution in [0.25, 0.3) is 0 Å². The minimum Gasteiger partial charge on any atom is -0.449 e. The Kier molecular flexibility index (Phi) is 6.35. The van der Waals surface area contributed by atoms with Crippen molar-refractivity contribution in [2.75, 3.05) is 17.7 Å². The van der Waals surface area contributed by atoms with E-state index in [1.807, 2.05) is 32.9 Å². The Morgan fingerprint density at radius 1 is 1.11 bits per heavy atom. The van der Waals surface area contributed by atoms with Gasteiger partial charge >= 0.3 is 5.97 Å². The van der Waals surface area contributed by atoms with Crippen LogP contribution in [0.15, 0.2) is 30.3 Å². The number of nitro groups is 1. The predicted molar refractivity (Wildman–Crippen MR) is 107 cm³/mol. The van der Waals surface area contributed by atoms with Gasteiger partial charge in [0, 0.05) is 18.8 Å². The molecule has 2 N–H and O–H groups in total. The quantitative estimate of drug-likeness (QED) is 0.445. The van der Waals surface area contributed by atoms with E-state index in [0.717, 1.165) is 22.8 Å². The molecular formula is C20H23N3O5. The molecule has 8 heteroatoms. The van der Waals surface area contributed by atoms with Crippen LogP contribution in [0, 0.1) is 30.9 Å². The van der Waals surface area contributed by atoms with Crippen LogP contribution in [0.1, 0.15) is 34.0 Å². The fourth-order valence-corrected chi connectivity index (χ4v) is 2.91. The molecule has 1 atom stereocenters. The Morgan fingerprint density at radius 2 is 1.71 bits per heavy atom. The maximum absolute atomic E-state index is 12.4. The SMILES string of the molecule is CNc1ccc(C(=O)O[C@@H](C)C(=O)Nc2c(C)cc(C)cc2C)cc1[N+](=O)[O-]. The number of carbonyl (C=O) groups excluding carboxylic acids is 2. The first-order chi connectivity index (χ1) is 13.1. The summed E-state index contributed by atoms with van der Waals surface area (Å²) in [4.78, 5) is 35.3. The number of rotatable bonds is 6. The van der Waals surface area contributed by atoms with Crippen molar-refractivity contribution in [3.8, 4) is 0 Å². The number of anilines is 2.